The maximum atomic E-state index is 12.2. The molecule has 2 aromatic rings. The maximum Gasteiger partial charge on any atom is 0.328 e. The molecule has 98 valence electrons. The molecule has 0 aliphatic heterocycles. The molecule has 1 heterocycles. The predicted octanol–water partition coefficient (Wildman–Crippen LogP) is 2.71. The Morgan fingerprint density at radius 1 is 1.42 bits per heavy atom. The predicted molar refractivity (Wildman–Crippen MR) is 78.3 cm³/mol. The first-order chi connectivity index (χ1) is 8.91. The third-order valence-electron chi connectivity index (χ3n) is 3.06. The number of hydrogen-bond acceptors (Lipinski definition) is 2. The van der Waals surface area contributed by atoms with E-state index < -0.39 is 5.97 Å². The zero-order valence-electron chi connectivity index (χ0n) is 10.5. The van der Waals surface area contributed by atoms with Crippen molar-refractivity contribution < 1.29 is 9.90 Å². The Bertz CT molecular complexity index is 759. The van der Waals surface area contributed by atoms with Gasteiger partial charge in [-0.2, -0.15) is 0 Å². The van der Waals surface area contributed by atoms with Gasteiger partial charge in [-0.05, 0) is 36.8 Å². The molecule has 4 nitrogen and oxygen atoms in total. The lowest BCUT2D eigenvalue weighted by atomic mass is 10.0. The van der Waals surface area contributed by atoms with Gasteiger partial charge in [0.1, 0.15) is 0 Å². The summed E-state index contributed by atoms with van der Waals surface area (Å²) in [7, 11) is 1.68. The first kappa shape index (κ1) is 13.5. The molecule has 0 spiro atoms. The topological polar surface area (TPSA) is 59.3 Å². The highest BCUT2D eigenvalue weighted by Crippen LogP contribution is 2.23. The molecule has 0 atom stereocenters. The number of fused-ring (bicyclic) bond motifs is 1. The largest absolute Gasteiger partial charge is 0.478 e. The summed E-state index contributed by atoms with van der Waals surface area (Å²) < 4.78 is 2.44. The van der Waals surface area contributed by atoms with Crippen molar-refractivity contribution in [2.45, 2.75) is 6.92 Å². The Morgan fingerprint density at radius 2 is 2.11 bits per heavy atom. The van der Waals surface area contributed by atoms with Crippen molar-refractivity contribution in [1.82, 2.24) is 4.57 Å². The highest BCUT2D eigenvalue weighted by molar-refractivity contribution is 9.10. The normalized spacial score (nSPS) is 11.3. The number of benzene rings is 1. The van der Waals surface area contributed by atoms with Crippen LogP contribution in [0.25, 0.3) is 17.0 Å². The average Bonchev–Trinajstić information content (AvgIpc) is 2.35. The number of hydrogen-bond donors (Lipinski definition) is 1. The summed E-state index contributed by atoms with van der Waals surface area (Å²) in [4.78, 5) is 22.8. The van der Waals surface area contributed by atoms with Gasteiger partial charge in [-0.1, -0.05) is 15.9 Å². The van der Waals surface area contributed by atoms with Gasteiger partial charge in [0.15, 0.2) is 0 Å². The summed E-state index contributed by atoms with van der Waals surface area (Å²) in [6.45, 7) is 1.82. The molecule has 1 aromatic heterocycles. The second-order valence-corrected chi connectivity index (χ2v) is 5.15. The molecule has 2 rings (SSSR count). The van der Waals surface area contributed by atoms with Gasteiger partial charge in [-0.25, -0.2) is 4.79 Å². The van der Waals surface area contributed by atoms with Gasteiger partial charge in [0.05, 0.1) is 5.52 Å². The van der Waals surface area contributed by atoms with Crippen molar-refractivity contribution in [2.75, 3.05) is 0 Å². The smallest absolute Gasteiger partial charge is 0.328 e. The van der Waals surface area contributed by atoms with E-state index in [0.717, 1.165) is 27.0 Å². The molecule has 19 heavy (non-hydrogen) atoms. The van der Waals surface area contributed by atoms with Gasteiger partial charge < -0.3 is 9.67 Å². The highest BCUT2D eigenvalue weighted by atomic mass is 79.9. The molecule has 0 amide bonds. The third-order valence-corrected chi connectivity index (χ3v) is 3.55. The maximum absolute atomic E-state index is 12.2. The number of halogens is 1. The van der Waals surface area contributed by atoms with Crippen molar-refractivity contribution in [1.29, 1.82) is 0 Å². The number of carboxylic acid groups (broad SMARTS) is 1. The standard InChI is InChI=1S/C14H12BrNO3/c1-8-10(4-6-13(17)18)14(19)16(2)12-5-3-9(15)7-11(8)12/h3-7H,1-2H3,(H,17,18)/b6-4+. The monoisotopic (exact) mass is 321 g/mol. The van der Waals surface area contributed by atoms with Crippen LogP contribution < -0.4 is 5.56 Å². The van der Waals surface area contributed by atoms with Gasteiger partial charge in [0.25, 0.3) is 5.56 Å². The minimum Gasteiger partial charge on any atom is -0.478 e. The van der Waals surface area contributed by atoms with E-state index in [2.05, 4.69) is 15.9 Å². The first-order valence-corrected chi connectivity index (χ1v) is 6.41. The molecule has 5 heteroatoms. The van der Waals surface area contributed by atoms with E-state index in [1.165, 1.54) is 10.6 Å². The van der Waals surface area contributed by atoms with Crippen LogP contribution in [-0.4, -0.2) is 15.6 Å². The molecule has 1 N–H and O–H groups in total. The van der Waals surface area contributed by atoms with Crippen molar-refractivity contribution >= 4 is 38.9 Å². The zero-order chi connectivity index (χ0) is 14.2. The molecule has 1 aromatic carbocycles. The lowest BCUT2D eigenvalue weighted by Crippen LogP contribution is -2.21. The van der Waals surface area contributed by atoms with E-state index in [4.69, 9.17) is 5.11 Å². The van der Waals surface area contributed by atoms with Gasteiger partial charge in [-0.15, -0.1) is 0 Å². The molecule has 0 aliphatic carbocycles. The molecular formula is C14H12BrNO3. The summed E-state index contributed by atoms with van der Waals surface area (Å²) in [5.74, 6) is -1.07. The number of aromatic nitrogens is 1. The summed E-state index contributed by atoms with van der Waals surface area (Å²) in [6, 6.07) is 5.65. The number of aliphatic carboxylic acids is 1. The van der Waals surface area contributed by atoms with Crippen LogP contribution in [0.2, 0.25) is 0 Å². The van der Waals surface area contributed by atoms with Crippen LogP contribution in [0.1, 0.15) is 11.1 Å². The van der Waals surface area contributed by atoms with Gasteiger partial charge in [0.2, 0.25) is 0 Å². The molecule has 0 saturated heterocycles. The molecular weight excluding hydrogens is 310 g/mol. The Balaban J connectivity index is 2.86. The van der Waals surface area contributed by atoms with Gasteiger partial charge in [-0.3, -0.25) is 4.79 Å². The number of nitrogens with zero attached hydrogens (tertiary/aromatic N) is 1. The number of pyridine rings is 1. The van der Waals surface area contributed by atoms with Crippen LogP contribution in [0.3, 0.4) is 0 Å². The van der Waals surface area contributed by atoms with Gasteiger partial charge >= 0.3 is 5.97 Å². The number of rotatable bonds is 2. The van der Waals surface area contributed by atoms with Crippen LogP contribution in [0.4, 0.5) is 0 Å². The minimum absolute atomic E-state index is 0.204. The molecule has 0 unspecified atom stereocenters. The Labute approximate surface area is 118 Å². The molecule has 0 radical (unpaired) electrons. The van der Waals surface area contributed by atoms with Crippen LogP contribution >= 0.6 is 15.9 Å². The minimum atomic E-state index is -1.07. The molecule has 0 aliphatic rings. The van der Waals surface area contributed by atoms with Crippen LogP contribution in [0.15, 0.2) is 33.5 Å². The Hall–Kier alpha value is -1.88. The second kappa shape index (κ2) is 5.01. The van der Waals surface area contributed by atoms with Crippen molar-refractivity contribution in [3.8, 4) is 0 Å². The lowest BCUT2D eigenvalue weighted by Gasteiger charge is -2.11. The number of carboxylic acids is 1. The van der Waals surface area contributed by atoms with E-state index in [9.17, 15) is 9.59 Å². The van der Waals surface area contributed by atoms with Crippen molar-refractivity contribution in [2.24, 2.45) is 7.05 Å². The lowest BCUT2D eigenvalue weighted by molar-refractivity contribution is -0.131. The summed E-state index contributed by atoms with van der Waals surface area (Å²) in [5, 5.41) is 9.60. The van der Waals surface area contributed by atoms with E-state index in [-0.39, 0.29) is 5.56 Å². The summed E-state index contributed by atoms with van der Waals surface area (Å²) in [6.07, 6.45) is 2.33. The van der Waals surface area contributed by atoms with E-state index in [1.807, 2.05) is 25.1 Å². The average molecular weight is 322 g/mol. The Morgan fingerprint density at radius 3 is 2.74 bits per heavy atom. The van der Waals surface area contributed by atoms with Crippen LogP contribution in [0.5, 0.6) is 0 Å². The Kier molecular flexibility index (Phi) is 3.57. The number of carbonyl (C=O) groups is 1. The highest BCUT2D eigenvalue weighted by Gasteiger charge is 2.10. The third kappa shape index (κ3) is 2.46. The number of aryl methyl sites for hydroxylation is 2. The first-order valence-electron chi connectivity index (χ1n) is 5.61. The molecule has 0 fully saturated rings. The van der Waals surface area contributed by atoms with E-state index >= 15 is 0 Å². The summed E-state index contributed by atoms with van der Waals surface area (Å²) >= 11 is 3.40. The second-order valence-electron chi connectivity index (χ2n) is 4.24. The quantitative estimate of drug-likeness (QED) is 0.865. The van der Waals surface area contributed by atoms with Crippen LogP contribution in [-0.2, 0) is 11.8 Å². The van der Waals surface area contributed by atoms with Gasteiger partial charge in [0, 0.05) is 28.5 Å². The van der Waals surface area contributed by atoms with Crippen molar-refractivity contribution in [3.05, 3.63) is 50.2 Å². The molecule has 0 bridgehead atoms. The SMILES string of the molecule is Cc1c(/C=C/C(=O)O)c(=O)n(C)c2ccc(Br)cc12. The van der Waals surface area contributed by atoms with Crippen LogP contribution in [0, 0.1) is 6.92 Å². The van der Waals surface area contributed by atoms with E-state index in [0.29, 0.717) is 5.56 Å². The fraction of sp³-hybridized carbons (Fsp3) is 0.143. The summed E-state index contributed by atoms with van der Waals surface area (Å²) in [5.41, 5.74) is 1.79. The fourth-order valence-electron chi connectivity index (χ4n) is 2.05. The van der Waals surface area contributed by atoms with Crippen molar-refractivity contribution in [3.63, 3.8) is 0 Å². The molecule has 0 saturated carbocycles. The van der Waals surface area contributed by atoms with E-state index in [1.54, 1.807) is 7.05 Å². The zero-order valence-corrected chi connectivity index (χ0v) is 12.1. The fourth-order valence-corrected chi connectivity index (χ4v) is 2.41.